The third kappa shape index (κ3) is 2.30. The number of nitrogens with zero attached hydrogens (tertiary/aromatic N) is 1. The van der Waals surface area contributed by atoms with Crippen molar-refractivity contribution in [3.8, 4) is 0 Å². The average Bonchev–Trinajstić information content (AvgIpc) is 2.76. The van der Waals surface area contributed by atoms with Crippen LogP contribution in [0.5, 0.6) is 0 Å². The fourth-order valence-electron chi connectivity index (χ4n) is 2.12. The maximum atomic E-state index is 10.1. The Morgan fingerprint density at radius 1 is 1.47 bits per heavy atom. The van der Waals surface area contributed by atoms with Gasteiger partial charge >= 0.3 is 0 Å². The molecule has 0 saturated carbocycles. The van der Waals surface area contributed by atoms with Crippen molar-refractivity contribution in [3.05, 3.63) is 0 Å². The number of likely N-dealkylation sites (N-methyl/N-ethyl adjacent to an activating group) is 1. The quantitative estimate of drug-likeness (QED) is 0.496. The van der Waals surface area contributed by atoms with Crippen molar-refractivity contribution in [2.24, 2.45) is 4.99 Å². The van der Waals surface area contributed by atoms with E-state index in [0.717, 1.165) is 5.17 Å². The normalized spacial score (nSPS) is 45.5. The molecule has 0 radical (unpaired) electrons. The molecular weight excluding hydrogens is 242 g/mol. The van der Waals surface area contributed by atoms with Crippen LogP contribution in [0.15, 0.2) is 4.99 Å². The number of hydrogen-bond donors (Lipinski definition) is 4. The van der Waals surface area contributed by atoms with E-state index in [2.05, 4.69) is 15.6 Å². The topological polar surface area (TPSA) is 86.1 Å². The Labute approximate surface area is 105 Å². The molecule has 0 spiro atoms. The summed E-state index contributed by atoms with van der Waals surface area (Å²) < 4.78 is 5.82. The molecule has 6 atom stereocenters. The maximum absolute atomic E-state index is 10.1. The summed E-state index contributed by atoms with van der Waals surface area (Å²) in [4.78, 5) is 4.04. The highest BCUT2D eigenvalue weighted by Gasteiger charge is 2.49. The second kappa shape index (κ2) is 5.11. The number of nitrogens with one attached hydrogen (secondary N) is 2. The van der Waals surface area contributed by atoms with Crippen LogP contribution in [-0.2, 0) is 4.74 Å². The van der Waals surface area contributed by atoms with Crippen molar-refractivity contribution < 1.29 is 14.9 Å². The third-order valence-electron chi connectivity index (χ3n) is 3.31. The van der Waals surface area contributed by atoms with Crippen LogP contribution in [0.3, 0.4) is 0 Å². The monoisotopic (exact) mass is 261 g/mol. The zero-order chi connectivity index (χ0) is 12.6. The number of aliphatic imine (C=N–C) groups is 1. The molecule has 98 valence electrons. The number of rotatable bonds is 2. The Morgan fingerprint density at radius 2 is 2.18 bits per heavy atom. The highest BCUT2D eigenvalue weighted by atomic mass is 32.2. The van der Waals surface area contributed by atoms with Gasteiger partial charge in [-0.3, -0.25) is 4.99 Å². The summed E-state index contributed by atoms with van der Waals surface area (Å²) in [7, 11) is 3.49. The Hall–Kier alpha value is -0.340. The number of hydrogen-bond acceptors (Lipinski definition) is 6. The Balaban J connectivity index is 2.13. The van der Waals surface area contributed by atoms with Gasteiger partial charge in [0.1, 0.15) is 23.7 Å². The molecule has 1 unspecified atom stereocenters. The lowest BCUT2D eigenvalue weighted by molar-refractivity contribution is -0.163. The van der Waals surface area contributed by atoms with Gasteiger partial charge in [-0.25, -0.2) is 0 Å². The highest BCUT2D eigenvalue weighted by molar-refractivity contribution is 8.14. The van der Waals surface area contributed by atoms with Crippen LogP contribution in [0.25, 0.3) is 0 Å². The summed E-state index contributed by atoms with van der Waals surface area (Å²) in [6.07, 6.45) is -2.16. The molecule has 0 aliphatic carbocycles. The minimum atomic E-state index is -0.900. The van der Waals surface area contributed by atoms with Crippen LogP contribution < -0.4 is 10.6 Å². The lowest BCUT2D eigenvalue weighted by Crippen LogP contribution is -2.62. The van der Waals surface area contributed by atoms with Gasteiger partial charge in [0.25, 0.3) is 0 Å². The summed E-state index contributed by atoms with van der Waals surface area (Å²) in [5.41, 5.74) is -0.201. The predicted octanol–water partition coefficient (Wildman–Crippen LogP) is -1.27. The molecule has 7 heteroatoms. The molecule has 2 saturated heterocycles. The predicted molar refractivity (Wildman–Crippen MR) is 67.1 cm³/mol. The van der Waals surface area contributed by atoms with E-state index in [1.807, 2.05) is 6.92 Å². The molecule has 0 aromatic heterocycles. The van der Waals surface area contributed by atoms with Crippen LogP contribution in [-0.4, -0.2) is 65.3 Å². The van der Waals surface area contributed by atoms with E-state index >= 15 is 0 Å². The van der Waals surface area contributed by atoms with Gasteiger partial charge in [-0.15, -0.1) is 0 Å². The summed E-state index contributed by atoms with van der Waals surface area (Å²) in [6, 6.07) is -0.321. The van der Waals surface area contributed by atoms with E-state index < -0.39 is 18.3 Å². The second-order valence-corrected chi connectivity index (χ2v) is 5.43. The van der Waals surface area contributed by atoms with Gasteiger partial charge in [0.2, 0.25) is 0 Å². The van der Waals surface area contributed by atoms with Crippen LogP contribution in [0.1, 0.15) is 6.92 Å². The van der Waals surface area contributed by atoms with Gasteiger partial charge in [0, 0.05) is 13.1 Å². The lowest BCUT2D eigenvalue weighted by Gasteiger charge is -2.41. The molecular formula is C10H19N3O3S. The van der Waals surface area contributed by atoms with Gasteiger partial charge in [-0.05, 0) is 14.0 Å². The molecule has 0 aromatic rings. The fraction of sp³-hybridized carbons (Fsp3) is 0.900. The number of fused-ring (bicyclic) bond motifs is 1. The van der Waals surface area contributed by atoms with Crippen molar-refractivity contribution in [1.82, 2.24) is 10.6 Å². The van der Waals surface area contributed by atoms with Gasteiger partial charge in [-0.2, -0.15) is 0 Å². The Kier molecular flexibility index (Phi) is 3.94. The number of aliphatic hydroxyl groups is 2. The summed E-state index contributed by atoms with van der Waals surface area (Å²) >= 11 is 1.45. The molecule has 2 aliphatic heterocycles. The van der Waals surface area contributed by atoms with Crippen molar-refractivity contribution >= 4 is 16.9 Å². The van der Waals surface area contributed by atoms with Gasteiger partial charge in [0.15, 0.2) is 5.17 Å². The molecule has 0 amide bonds. The molecule has 17 heavy (non-hydrogen) atoms. The van der Waals surface area contributed by atoms with Crippen LogP contribution in [0, 0.1) is 0 Å². The van der Waals surface area contributed by atoms with E-state index in [1.54, 1.807) is 14.1 Å². The smallest absolute Gasteiger partial charge is 0.159 e. The summed E-state index contributed by atoms with van der Waals surface area (Å²) in [5, 5.41) is 27.0. The maximum Gasteiger partial charge on any atom is 0.159 e. The van der Waals surface area contributed by atoms with Gasteiger partial charge in [-0.1, -0.05) is 11.8 Å². The number of ether oxygens (including phenoxy) is 1. The van der Waals surface area contributed by atoms with Gasteiger partial charge in [0.05, 0.1) is 6.04 Å². The standard InChI is InChI=1S/C10H19N3O3S/c1-4(11-2)8-7(15)6(14)5-9(16-8)17-10(12-3)13-5/h4-9,11,14-15H,1-3H3,(H,12,13)/t4?,5-,6-,7+,8+,9-/m1/s1. The van der Waals surface area contributed by atoms with Crippen LogP contribution >= 0.6 is 11.8 Å². The zero-order valence-electron chi connectivity index (χ0n) is 10.1. The van der Waals surface area contributed by atoms with E-state index in [-0.39, 0.29) is 17.5 Å². The molecule has 2 aliphatic rings. The summed E-state index contributed by atoms with van der Waals surface area (Å²) in [6.45, 7) is 1.92. The van der Waals surface area contributed by atoms with E-state index in [1.165, 1.54) is 11.8 Å². The van der Waals surface area contributed by atoms with Crippen molar-refractivity contribution in [3.63, 3.8) is 0 Å². The van der Waals surface area contributed by atoms with Crippen LogP contribution in [0.4, 0.5) is 0 Å². The third-order valence-corrected chi connectivity index (χ3v) is 4.47. The van der Waals surface area contributed by atoms with Crippen molar-refractivity contribution in [2.75, 3.05) is 14.1 Å². The molecule has 2 rings (SSSR count). The molecule has 0 aromatic carbocycles. The SMILES string of the molecule is CN=C1N[C@@H]2[C@@H](O)[C@H](O)[C@H](C(C)NC)O[C@@H]2S1. The highest BCUT2D eigenvalue weighted by Crippen LogP contribution is 2.34. The molecule has 2 fully saturated rings. The first-order chi connectivity index (χ1) is 8.08. The van der Waals surface area contributed by atoms with Crippen molar-refractivity contribution in [2.45, 2.75) is 42.8 Å². The number of aliphatic hydroxyl groups excluding tert-OH is 2. The first-order valence-electron chi connectivity index (χ1n) is 5.67. The first kappa shape index (κ1) is 13.1. The molecule has 4 N–H and O–H groups in total. The number of thioether (sulfide) groups is 1. The molecule has 6 nitrogen and oxygen atoms in total. The lowest BCUT2D eigenvalue weighted by atomic mass is 9.94. The van der Waals surface area contributed by atoms with Crippen LogP contribution in [0.2, 0.25) is 0 Å². The summed E-state index contributed by atoms with van der Waals surface area (Å²) in [5.74, 6) is 0. The Morgan fingerprint density at radius 3 is 2.76 bits per heavy atom. The minimum absolute atomic E-state index is 0.0242. The second-order valence-electron chi connectivity index (χ2n) is 4.34. The average molecular weight is 261 g/mol. The first-order valence-corrected chi connectivity index (χ1v) is 6.55. The number of amidine groups is 1. The Bertz CT molecular complexity index is 315. The van der Waals surface area contributed by atoms with Gasteiger partial charge < -0.3 is 25.6 Å². The van der Waals surface area contributed by atoms with E-state index in [4.69, 9.17) is 4.74 Å². The fourth-order valence-corrected chi connectivity index (χ4v) is 3.21. The minimum Gasteiger partial charge on any atom is -0.388 e. The zero-order valence-corrected chi connectivity index (χ0v) is 10.9. The molecule has 2 heterocycles. The molecule has 0 bridgehead atoms. The van der Waals surface area contributed by atoms with Crippen molar-refractivity contribution in [1.29, 1.82) is 0 Å². The largest absolute Gasteiger partial charge is 0.388 e. The van der Waals surface area contributed by atoms with E-state index in [0.29, 0.717) is 0 Å². The van der Waals surface area contributed by atoms with E-state index in [9.17, 15) is 10.2 Å².